The first-order valence-electron chi connectivity index (χ1n) is 10.6. The second-order valence-corrected chi connectivity index (χ2v) is 8.26. The first kappa shape index (κ1) is 24.1. The molecule has 1 aliphatic rings. The SMILES string of the molecule is CCOC(=O)C1(C(=O)Nc2ccc(Cl)cn2)CC1C(=O)Nc1ccc(-n2ccccc2=O)cc1F. The molecule has 11 heteroatoms. The number of nitrogens with zero attached hydrogens (tertiary/aromatic N) is 2. The van der Waals surface area contributed by atoms with Crippen LogP contribution in [-0.2, 0) is 19.1 Å². The van der Waals surface area contributed by atoms with Crippen molar-refractivity contribution in [2.45, 2.75) is 13.3 Å². The minimum Gasteiger partial charge on any atom is -0.465 e. The molecule has 2 unspecified atom stereocenters. The largest absolute Gasteiger partial charge is 0.465 e. The predicted octanol–water partition coefficient (Wildman–Crippen LogP) is 3.17. The van der Waals surface area contributed by atoms with Crippen molar-refractivity contribution >= 4 is 40.9 Å². The van der Waals surface area contributed by atoms with Crippen molar-refractivity contribution in [2.75, 3.05) is 17.2 Å². The van der Waals surface area contributed by atoms with Crippen molar-refractivity contribution in [3.63, 3.8) is 0 Å². The fraction of sp³-hybridized carbons (Fsp3) is 0.208. The molecule has 1 aliphatic carbocycles. The van der Waals surface area contributed by atoms with E-state index in [1.165, 1.54) is 47.3 Å². The van der Waals surface area contributed by atoms with E-state index in [1.807, 2.05) is 0 Å². The lowest BCUT2D eigenvalue weighted by atomic mass is 10.0. The molecular formula is C24H20ClFN4O5. The van der Waals surface area contributed by atoms with Crippen molar-refractivity contribution in [2.24, 2.45) is 11.3 Å². The van der Waals surface area contributed by atoms with Crippen LogP contribution in [0.1, 0.15) is 13.3 Å². The number of carbonyl (C=O) groups excluding carboxylic acids is 3. The van der Waals surface area contributed by atoms with E-state index in [2.05, 4.69) is 15.6 Å². The van der Waals surface area contributed by atoms with Crippen LogP contribution in [0.3, 0.4) is 0 Å². The third-order valence-corrected chi connectivity index (χ3v) is 5.83. The summed E-state index contributed by atoms with van der Waals surface area (Å²) < 4.78 is 21.0. The van der Waals surface area contributed by atoms with Gasteiger partial charge in [0, 0.05) is 24.5 Å². The number of halogens is 2. The zero-order valence-corrected chi connectivity index (χ0v) is 19.2. The van der Waals surface area contributed by atoms with Crippen LogP contribution in [0.5, 0.6) is 0 Å². The summed E-state index contributed by atoms with van der Waals surface area (Å²) in [5.74, 6) is -4.06. The highest BCUT2D eigenvalue weighted by Crippen LogP contribution is 2.55. The number of hydrogen-bond donors (Lipinski definition) is 2. The number of anilines is 2. The molecule has 2 amide bonds. The normalized spacial score (nSPS) is 18.4. The fourth-order valence-corrected chi connectivity index (χ4v) is 3.81. The summed E-state index contributed by atoms with van der Waals surface area (Å²) in [6.07, 6.45) is 2.69. The molecule has 180 valence electrons. The van der Waals surface area contributed by atoms with Gasteiger partial charge in [0.05, 0.1) is 28.9 Å². The summed E-state index contributed by atoms with van der Waals surface area (Å²) in [7, 11) is 0. The highest BCUT2D eigenvalue weighted by atomic mass is 35.5. The first-order valence-corrected chi connectivity index (χ1v) is 11.0. The van der Waals surface area contributed by atoms with Crippen molar-refractivity contribution in [1.29, 1.82) is 0 Å². The van der Waals surface area contributed by atoms with Gasteiger partial charge in [-0.15, -0.1) is 0 Å². The zero-order chi connectivity index (χ0) is 25.2. The Morgan fingerprint density at radius 3 is 2.66 bits per heavy atom. The lowest BCUT2D eigenvalue weighted by Crippen LogP contribution is -2.37. The molecule has 0 radical (unpaired) electrons. The van der Waals surface area contributed by atoms with Gasteiger partial charge in [0.25, 0.3) is 5.56 Å². The molecule has 4 rings (SSSR count). The van der Waals surface area contributed by atoms with Crippen LogP contribution >= 0.6 is 11.6 Å². The number of ether oxygens (including phenoxy) is 1. The smallest absolute Gasteiger partial charge is 0.322 e. The van der Waals surface area contributed by atoms with Crippen LogP contribution in [0, 0.1) is 17.2 Å². The fourth-order valence-electron chi connectivity index (χ4n) is 3.70. The van der Waals surface area contributed by atoms with Crippen LogP contribution in [0.25, 0.3) is 5.69 Å². The number of benzene rings is 1. The van der Waals surface area contributed by atoms with Gasteiger partial charge in [0.1, 0.15) is 11.6 Å². The van der Waals surface area contributed by atoms with Crippen LogP contribution in [0.15, 0.2) is 65.7 Å². The number of amides is 2. The minimum atomic E-state index is -1.77. The van der Waals surface area contributed by atoms with Crippen molar-refractivity contribution < 1.29 is 23.5 Å². The average Bonchev–Trinajstić information content (AvgIpc) is 3.60. The van der Waals surface area contributed by atoms with Crippen molar-refractivity contribution in [3.05, 3.63) is 82.1 Å². The molecule has 2 N–H and O–H groups in total. The number of aromatic nitrogens is 2. The Hall–Kier alpha value is -4.05. The molecule has 1 fully saturated rings. The maximum atomic E-state index is 14.7. The second kappa shape index (κ2) is 9.67. The Labute approximate surface area is 203 Å². The number of carbonyl (C=O) groups is 3. The molecule has 1 aromatic carbocycles. The highest BCUT2D eigenvalue weighted by molar-refractivity contribution is 6.30. The molecule has 35 heavy (non-hydrogen) atoms. The summed E-state index contributed by atoms with van der Waals surface area (Å²) >= 11 is 5.80. The van der Waals surface area contributed by atoms with Crippen molar-refractivity contribution in [1.82, 2.24) is 9.55 Å². The standard InChI is InChI=1S/C24H20ClFN4O5/c1-2-35-23(34)24(22(33)29-19-9-6-14(25)13-27-19)12-16(24)21(32)28-18-8-7-15(11-17(18)26)30-10-4-3-5-20(30)31/h3-11,13,16H,2,12H2,1H3,(H,28,32)(H,27,29,33). The van der Waals surface area contributed by atoms with Gasteiger partial charge in [0.2, 0.25) is 11.8 Å². The molecule has 0 bridgehead atoms. The van der Waals surface area contributed by atoms with Crippen LogP contribution < -0.4 is 16.2 Å². The van der Waals surface area contributed by atoms with E-state index >= 15 is 0 Å². The molecule has 0 saturated heterocycles. The Bertz CT molecular complexity index is 1360. The quantitative estimate of drug-likeness (QED) is 0.381. The molecule has 1 saturated carbocycles. The predicted molar refractivity (Wildman–Crippen MR) is 126 cm³/mol. The maximum Gasteiger partial charge on any atom is 0.322 e. The molecule has 0 spiro atoms. The Kier molecular flexibility index (Phi) is 6.65. The van der Waals surface area contributed by atoms with Gasteiger partial charge in [-0.3, -0.25) is 23.7 Å². The van der Waals surface area contributed by atoms with E-state index in [9.17, 15) is 23.6 Å². The first-order chi connectivity index (χ1) is 16.8. The van der Waals surface area contributed by atoms with E-state index in [0.29, 0.717) is 5.02 Å². The van der Waals surface area contributed by atoms with Gasteiger partial charge in [-0.1, -0.05) is 17.7 Å². The second-order valence-electron chi connectivity index (χ2n) is 7.83. The monoisotopic (exact) mass is 498 g/mol. The molecule has 9 nitrogen and oxygen atoms in total. The summed E-state index contributed by atoms with van der Waals surface area (Å²) in [5, 5.41) is 5.29. The maximum absolute atomic E-state index is 14.7. The van der Waals surface area contributed by atoms with Gasteiger partial charge < -0.3 is 15.4 Å². The zero-order valence-electron chi connectivity index (χ0n) is 18.5. The third kappa shape index (κ3) is 4.78. The van der Waals surface area contributed by atoms with E-state index in [0.717, 1.165) is 6.07 Å². The molecule has 3 aromatic rings. The highest BCUT2D eigenvalue weighted by Gasteiger charge is 2.70. The number of esters is 1. The number of hydrogen-bond acceptors (Lipinski definition) is 6. The molecule has 2 aromatic heterocycles. The average molecular weight is 499 g/mol. The number of pyridine rings is 2. The van der Waals surface area contributed by atoms with E-state index in [4.69, 9.17) is 16.3 Å². The number of rotatable bonds is 7. The molecule has 0 aliphatic heterocycles. The van der Waals surface area contributed by atoms with Gasteiger partial charge in [-0.25, -0.2) is 9.37 Å². The van der Waals surface area contributed by atoms with Crippen LogP contribution in [-0.4, -0.2) is 33.9 Å². The van der Waals surface area contributed by atoms with Gasteiger partial charge in [0.15, 0.2) is 5.41 Å². The van der Waals surface area contributed by atoms with E-state index in [-0.39, 0.29) is 35.8 Å². The Morgan fingerprint density at radius 1 is 1.20 bits per heavy atom. The Balaban J connectivity index is 1.53. The molecular weight excluding hydrogens is 479 g/mol. The Morgan fingerprint density at radius 2 is 2.00 bits per heavy atom. The molecule has 2 heterocycles. The van der Waals surface area contributed by atoms with Gasteiger partial charge in [-0.2, -0.15) is 0 Å². The summed E-state index contributed by atoms with van der Waals surface area (Å²) in [6, 6.07) is 11.3. The van der Waals surface area contributed by atoms with Crippen LogP contribution in [0.4, 0.5) is 15.9 Å². The van der Waals surface area contributed by atoms with Gasteiger partial charge in [-0.05, 0) is 43.7 Å². The van der Waals surface area contributed by atoms with Gasteiger partial charge >= 0.3 is 5.97 Å². The molecule has 2 atom stereocenters. The van der Waals surface area contributed by atoms with E-state index < -0.39 is 34.9 Å². The summed E-state index contributed by atoms with van der Waals surface area (Å²) in [5.41, 5.74) is -2.00. The van der Waals surface area contributed by atoms with Crippen molar-refractivity contribution in [3.8, 4) is 5.69 Å². The topological polar surface area (TPSA) is 119 Å². The number of nitrogens with one attached hydrogen (secondary N) is 2. The summed E-state index contributed by atoms with van der Waals surface area (Å²) in [6.45, 7) is 1.59. The minimum absolute atomic E-state index is 0.0103. The third-order valence-electron chi connectivity index (χ3n) is 5.60. The summed E-state index contributed by atoms with van der Waals surface area (Å²) in [4.78, 5) is 54.5. The lowest BCUT2D eigenvalue weighted by Gasteiger charge is -2.16. The van der Waals surface area contributed by atoms with E-state index in [1.54, 1.807) is 19.1 Å². The van der Waals surface area contributed by atoms with Crippen LogP contribution in [0.2, 0.25) is 5.02 Å². The lowest BCUT2D eigenvalue weighted by molar-refractivity contribution is -0.154.